The molecule has 2 aromatic rings. The lowest BCUT2D eigenvalue weighted by atomic mass is 9.89. The van der Waals surface area contributed by atoms with E-state index in [-0.39, 0.29) is 11.9 Å². The highest BCUT2D eigenvalue weighted by Crippen LogP contribution is 2.38. The molecule has 0 radical (unpaired) electrons. The van der Waals surface area contributed by atoms with Crippen LogP contribution in [0.5, 0.6) is 11.5 Å². The number of halogens is 1. The van der Waals surface area contributed by atoms with Crippen LogP contribution in [0.4, 0.5) is 4.39 Å². The molecule has 3 nitrogen and oxygen atoms in total. The summed E-state index contributed by atoms with van der Waals surface area (Å²) in [5.74, 6) is 1.30. The predicted octanol–water partition coefficient (Wildman–Crippen LogP) is 3.86. The smallest absolute Gasteiger partial charge is 0.161 e. The number of nitrogens with one attached hydrogen (secondary N) is 1. The van der Waals surface area contributed by atoms with Gasteiger partial charge in [0.2, 0.25) is 0 Å². The number of hydrogen-bond donors (Lipinski definition) is 1. The first-order chi connectivity index (χ1) is 11.2. The molecular formula is C19H22FNO2. The summed E-state index contributed by atoms with van der Waals surface area (Å²) in [6, 6.07) is 10.8. The monoisotopic (exact) mass is 315 g/mol. The van der Waals surface area contributed by atoms with Crippen molar-refractivity contribution in [2.45, 2.75) is 26.3 Å². The molecule has 0 aliphatic carbocycles. The largest absolute Gasteiger partial charge is 0.490 e. The molecule has 0 saturated heterocycles. The highest BCUT2D eigenvalue weighted by atomic mass is 19.1. The van der Waals surface area contributed by atoms with Crippen molar-refractivity contribution in [2.24, 2.45) is 0 Å². The molecular weight excluding hydrogens is 293 g/mol. The van der Waals surface area contributed by atoms with Crippen LogP contribution in [0.3, 0.4) is 0 Å². The van der Waals surface area contributed by atoms with Crippen LogP contribution >= 0.6 is 0 Å². The Labute approximate surface area is 136 Å². The Kier molecular flexibility index (Phi) is 4.82. The van der Waals surface area contributed by atoms with E-state index in [1.54, 1.807) is 6.07 Å². The summed E-state index contributed by atoms with van der Waals surface area (Å²) in [7, 11) is 0. The van der Waals surface area contributed by atoms with Gasteiger partial charge in [0.25, 0.3) is 0 Å². The summed E-state index contributed by atoms with van der Waals surface area (Å²) < 4.78 is 25.6. The van der Waals surface area contributed by atoms with E-state index in [0.29, 0.717) is 18.8 Å². The third-order valence-electron chi connectivity index (χ3n) is 4.08. The molecule has 4 heteroatoms. The zero-order valence-corrected chi connectivity index (χ0v) is 13.6. The van der Waals surface area contributed by atoms with E-state index in [0.717, 1.165) is 30.0 Å². The minimum absolute atomic E-state index is 0.158. The van der Waals surface area contributed by atoms with Gasteiger partial charge in [0.05, 0.1) is 19.3 Å². The zero-order chi connectivity index (χ0) is 16.2. The van der Waals surface area contributed by atoms with Crippen LogP contribution in [0.15, 0.2) is 36.4 Å². The molecule has 0 aromatic heterocycles. The first-order valence-electron chi connectivity index (χ1n) is 8.14. The number of hydrogen-bond acceptors (Lipinski definition) is 3. The quantitative estimate of drug-likeness (QED) is 0.909. The topological polar surface area (TPSA) is 30.5 Å². The Morgan fingerprint density at radius 2 is 1.74 bits per heavy atom. The summed E-state index contributed by atoms with van der Waals surface area (Å²) in [6.07, 6.45) is 0.896. The summed E-state index contributed by atoms with van der Waals surface area (Å²) in [5, 5.41) is 3.42. The normalized spacial score (nSPS) is 16.7. The molecule has 1 aliphatic rings. The molecule has 1 aliphatic heterocycles. The van der Waals surface area contributed by atoms with Crippen molar-refractivity contribution in [2.75, 3.05) is 19.8 Å². The molecule has 122 valence electrons. The minimum Gasteiger partial charge on any atom is -0.490 e. The van der Waals surface area contributed by atoms with Crippen LogP contribution in [0.2, 0.25) is 0 Å². The minimum atomic E-state index is -0.190. The van der Waals surface area contributed by atoms with Crippen LogP contribution in [0.25, 0.3) is 0 Å². The summed E-state index contributed by atoms with van der Waals surface area (Å²) >= 11 is 0. The first kappa shape index (κ1) is 15.8. The maximum Gasteiger partial charge on any atom is 0.161 e. The van der Waals surface area contributed by atoms with Gasteiger partial charge in [-0.1, -0.05) is 18.2 Å². The lowest BCUT2D eigenvalue weighted by Gasteiger charge is -2.29. The SMILES string of the molecule is CCOc1cc2c(cc1OCC)[C@@H](c1ccccc1F)NCC2. The summed E-state index contributed by atoms with van der Waals surface area (Å²) in [6.45, 7) is 5.87. The lowest BCUT2D eigenvalue weighted by molar-refractivity contribution is 0.286. The van der Waals surface area contributed by atoms with Gasteiger partial charge in [0.1, 0.15) is 5.82 Å². The van der Waals surface area contributed by atoms with Gasteiger partial charge in [0, 0.05) is 12.1 Å². The second-order valence-corrected chi connectivity index (χ2v) is 5.52. The van der Waals surface area contributed by atoms with Crippen molar-refractivity contribution in [3.8, 4) is 11.5 Å². The van der Waals surface area contributed by atoms with Gasteiger partial charge in [0.15, 0.2) is 11.5 Å². The van der Waals surface area contributed by atoms with Crippen molar-refractivity contribution in [3.63, 3.8) is 0 Å². The van der Waals surface area contributed by atoms with Crippen LogP contribution in [-0.2, 0) is 6.42 Å². The fraction of sp³-hybridized carbons (Fsp3) is 0.368. The molecule has 0 saturated carbocycles. The molecule has 0 bridgehead atoms. The van der Waals surface area contributed by atoms with E-state index in [1.807, 2.05) is 38.1 Å². The van der Waals surface area contributed by atoms with Crippen LogP contribution in [-0.4, -0.2) is 19.8 Å². The van der Waals surface area contributed by atoms with Gasteiger partial charge >= 0.3 is 0 Å². The van der Waals surface area contributed by atoms with Gasteiger partial charge in [-0.2, -0.15) is 0 Å². The van der Waals surface area contributed by atoms with Crippen molar-refractivity contribution < 1.29 is 13.9 Å². The Balaban J connectivity index is 2.07. The number of ether oxygens (including phenoxy) is 2. The average Bonchev–Trinajstić information content (AvgIpc) is 2.56. The Morgan fingerprint density at radius 3 is 2.43 bits per heavy atom. The molecule has 2 aromatic carbocycles. The molecule has 0 spiro atoms. The molecule has 0 amide bonds. The Hall–Kier alpha value is -2.07. The highest BCUT2D eigenvalue weighted by molar-refractivity contribution is 5.51. The van der Waals surface area contributed by atoms with Crippen LogP contribution in [0.1, 0.15) is 36.6 Å². The number of rotatable bonds is 5. The number of fused-ring (bicyclic) bond motifs is 1. The molecule has 1 atom stereocenters. The average molecular weight is 315 g/mol. The van der Waals surface area contributed by atoms with Gasteiger partial charge in [-0.15, -0.1) is 0 Å². The summed E-state index contributed by atoms with van der Waals surface area (Å²) in [5.41, 5.74) is 2.91. The van der Waals surface area contributed by atoms with Crippen molar-refractivity contribution in [1.82, 2.24) is 5.32 Å². The molecule has 3 rings (SSSR count). The lowest BCUT2D eigenvalue weighted by Crippen LogP contribution is -2.31. The van der Waals surface area contributed by atoms with Gasteiger partial charge in [-0.3, -0.25) is 0 Å². The van der Waals surface area contributed by atoms with Gasteiger partial charge in [-0.25, -0.2) is 4.39 Å². The molecule has 1 heterocycles. The molecule has 1 N–H and O–H groups in total. The van der Waals surface area contributed by atoms with Crippen LogP contribution in [0, 0.1) is 5.82 Å². The van der Waals surface area contributed by atoms with E-state index in [9.17, 15) is 4.39 Å². The second kappa shape index (κ2) is 7.01. The molecule has 0 unspecified atom stereocenters. The molecule has 0 fully saturated rings. The first-order valence-corrected chi connectivity index (χ1v) is 8.14. The maximum absolute atomic E-state index is 14.2. The fourth-order valence-corrected chi connectivity index (χ4v) is 3.09. The van der Waals surface area contributed by atoms with E-state index in [4.69, 9.17) is 9.47 Å². The van der Waals surface area contributed by atoms with E-state index >= 15 is 0 Å². The van der Waals surface area contributed by atoms with E-state index < -0.39 is 0 Å². The van der Waals surface area contributed by atoms with E-state index in [2.05, 4.69) is 5.32 Å². The zero-order valence-electron chi connectivity index (χ0n) is 13.6. The standard InChI is InChI=1S/C19H22FNO2/c1-3-22-17-11-13-9-10-21-19(14-7-5-6-8-16(14)20)15(13)12-18(17)23-4-2/h5-8,11-12,19,21H,3-4,9-10H2,1-2H3/t19-/m1/s1. The van der Waals surface area contributed by atoms with Gasteiger partial charge in [-0.05, 0) is 49.6 Å². The predicted molar refractivity (Wildman–Crippen MR) is 88.7 cm³/mol. The van der Waals surface area contributed by atoms with Gasteiger partial charge < -0.3 is 14.8 Å². The number of benzene rings is 2. The highest BCUT2D eigenvalue weighted by Gasteiger charge is 2.25. The fourth-order valence-electron chi connectivity index (χ4n) is 3.09. The van der Waals surface area contributed by atoms with Crippen molar-refractivity contribution >= 4 is 0 Å². The Morgan fingerprint density at radius 1 is 1.04 bits per heavy atom. The van der Waals surface area contributed by atoms with Crippen LogP contribution < -0.4 is 14.8 Å². The molecule has 23 heavy (non-hydrogen) atoms. The third kappa shape index (κ3) is 3.17. The maximum atomic E-state index is 14.2. The Bertz CT molecular complexity index is 687. The van der Waals surface area contributed by atoms with Crippen molar-refractivity contribution in [1.29, 1.82) is 0 Å². The second-order valence-electron chi connectivity index (χ2n) is 5.52. The van der Waals surface area contributed by atoms with E-state index in [1.165, 1.54) is 11.6 Å². The third-order valence-corrected chi connectivity index (χ3v) is 4.08. The van der Waals surface area contributed by atoms with Crippen molar-refractivity contribution in [3.05, 3.63) is 58.9 Å². The summed E-state index contributed by atoms with van der Waals surface area (Å²) in [4.78, 5) is 0.